The highest BCUT2D eigenvalue weighted by molar-refractivity contribution is 6.28. The average molecular weight is 695 g/mol. The van der Waals surface area contributed by atoms with Crippen molar-refractivity contribution in [3.63, 3.8) is 0 Å². The fraction of sp³-hybridized carbons (Fsp3) is 0. The molecule has 0 aliphatic carbocycles. The van der Waals surface area contributed by atoms with E-state index < -0.39 is 0 Å². The third-order valence-electron chi connectivity index (χ3n) is 12.3. The average Bonchev–Trinajstić information content (AvgIpc) is 3.60. The fourth-order valence-electron chi connectivity index (χ4n) is 9.74. The molecular weight excluding hydrogens is 665 g/mol. The van der Waals surface area contributed by atoms with Gasteiger partial charge < -0.3 is 4.42 Å². The van der Waals surface area contributed by atoms with Gasteiger partial charge in [-0.05, 0) is 134 Å². The first-order valence-corrected chi connectivity index (χ1v) is 19.1. The second-order valence-corrected chi connectivity index (χ2v) is 15.2. The second kappa shape index (κ2) is 10.7. The van der Waals surface area contributed by atoms with Crippen molar-refractivity contribution in [2.75, 3.05) is 0 Å². The summed E-state index contributed by atoms with van der Waals surface area (Å²) in [5, 5.41) is 20.1. The van der Waals surface area contributed by atoms with Gasteiger partial charge in [-0.15, -0.1) is 0 Å². The van der Waals surface area contributed by atoms with Gasteiger partial charge in [0, 0.05) is 16.3 Å². The van der Waals surface area contributed by atoms with Gasteiger partial charge in [0.15, 0.2) is 0 Å². The zero-order chi connectivity index (χ0) is 35.8. The lowest BCUT2D eigenvalue weighted by Gasteiger charge is -2.17. The lowest BCUT2D eigenvalue weighted by atomic mass is 9.86. The summed E-state index contributed by atoms with van der Waals surface area (Å²) >= 11 is 0. The SMILES string of the molecule is c1ccc(-c2ccc3cc4c(cc3c2)oc2c(-c3ccc5ccc6cccc7ccc3c5c67)cc(-c3ccc5ccc6cccc7ccc3c5c67)cc24)cc1. The number of hydrogen-bond acceptors (Lipinski definition) is 1. The molecular formula is C54H30O. The molecule has 0 bridgehead atoms. The van der Waals surface area contributed by atoms with Gasteiger partial charge in [0.2, 0.25) is 0 Å². The molecule has 1 heterocycles. The van der Waals surface area contributed by atoms with E-state index in [-0.39, 0.29) is 0 Å². The minimum absolute atomic E-state index is 0.902. The molecule has 0 aliphatic rings. The van der Waals surface area contributed by atoms with E-state index in [2.05, 4.69) is 182 Å². The van der Waals surface area contributed by atoms with Crippen LogP contribution in [0.4, 0.5) is 0 Å². The van der Waals surface area contributed by atoms with Crippen LogP contribution in [0, 0.1) is 0 Å². The topological polar surface area (TPSA) is 13.1 Å². The zero-order valence-electron chi connectivity index (χ0n) is 29.7. The summed E-state index contributed by atoms with van der Waals surface area (Å²) in [6.07, 6.45) is 0. The largest absolute Gasteiger partial charge is 0.455 e. The summed E-state index contributed by atoms with van der Waals surface area (Å²) in [5.74, 6) is 0. The van der Waals surface area contributed by atoms with E-state index in [1.165, 1.54) is 103 Å². The van der Waals surface area contributed by atoms with Crippen molar-refractivity contribution < 1.29 is 4.42 Å². The van der Waals surface area contributed by atoms with Crippen molar-refractivity contribution in [3.8, 4) is 33.4 Å². The van der Waals surface area contributed by atoms with Gasteiger partial charge in [-0.25, -0.2) is 0 Å². The summed E-state index contributed by atoms with van der Waals surface area (Å²) in [6, 6.07) is 67.4. The van der Waals surface area contributed by atoms with Crippen LogP contribution in [-0.2, 0) is 0 Å². The molecule has 12 aromatic carbocycles. The third kappa shape index (κ3) is 4.07. The summed E-state index contributed by atoms with van der Waals surface area (Å²) in [7, 11) is 0. The van der Waals surface area contributed by atoms with E-state index in [4.69, 9.17) is 4.42 Å². The molecule has 1 nitrogen and oxygen atoms in total. The molecule has 1 heteroatoms. The Morgan fingerprint density at radius 2 is 0.818 bits per heavy atom. The van der Waals surface area contributed by atoms with Crippen molar-refractivity contribution >= 4 is 97.3 Å². The van der Waals surface area contributed by atoms with E-state index in [1.54, 1.807) is 0 Å². The van der Waals surface area contributed by atoms with Gasteiger partial charge >= 0.3 is 0 Å². The number of benzene rings is 12. The van der Waals surface area contributed by atoms with Gasteiger partial charge in [-0.2, -0.15) is 0 Å². The third-order valence-corrected chi connectivity index (χ3v) is 12.3. The molecule has 0 amide bonds. The van der Waals surface area contributed by atoms with E-state index in [0.29, 0.717) is 0 Å². The Bertz CT molecular complexity index is 3670. The van der Waals surface area contributed by atoms with Crippen LogP contribution in [0.1, 0.15) is 0 Å². The van der Waals surface area contributed by atoms with Gasteiger partial charge in [0.25, 0.3) is 0 Å². The fourth-order valence-corrected chi connectivity index (χ4v) is 9.74. The number of rotatable bonds is 3. The number of fused-ring (bicyclic) bond motifs is 4. The molecule has 1 aromatic heterocycles. The molecule has 13 rings (SSSR count). The van der Waals surface area contributed by atoms with E-state index in [9.17, 15) is 0 Å². The summed E-state index contributed by atoms with van der Waals surface area (Å²) in [5.41, 5.74) is 8.95. The number of furan rings is 1. The van der Waals surface area contributed by atoms with Crippen molar-refractivity contribution in [3.05, 3.63) is 182 Å². The predicted octanol–water partition coefficient (Wildman–Crippen LogP) is 15.5. The van der Waals surface area contributed by atoms with E-state index in [0.717, 1.165) is 27.5 Å². The molecule has 0 radical (unpaired) electrons. The Morgan fingerprint density at radius 3 is 1.49 bits per heavy atom. The van der Waals surface area contributed by atoms with Gasteiger partial charge in [0.05, 0.1) is 0 Å². The maximum Gasteiger partial charge on any atom is 0.143 e. The van der Waals surface area contributed by atoms with Crippen LogP contribution in [0.15, 0.2) is 186 Å². The lowest BCUT2D eigenvalue weighted by molar-refractivity contribution is 0.670. The molecule has 0 saturated carbocycles. The van der Waals surface area contributed by atoms with Crippen molar-refractivity contribution in [2.24, 2.45) is 0 Å². The van der Waals surface area contributed by atoms with Crippen molar-refractivity contribution in [1.82, 2.24) is 0 Å². The maximum absolute atomic E-state index is 7.05. The Morgan fingerprint density at radius 1 is 0.255 bits per heavy atom. The van der Waals surface area contributed by atoms with Crippen LogP contribution in [-0.4, -0.2) is 0 Å². The standard InChI is InChI=1S/C54H30O/c1-2-6-31(7-3-1)38-16-17-39-27-46-48-29-41(42-22-18-36-14-12-32-8-4-10-34-20-24-44(42)52(36)50(32)34)28-47(54(48)55-49(46)30-40(39)26-38)43-23-19-37-15-13-33-9-5-11-35-21-25-45(43)53(37)51(33)35/h1-30H. The molecule has 0 N–H and O–H groups in total. The molecule has 0 unspecified atom stereocenters. The van der Waals surface area contributed by atoms with Crippen LogP contribution < -0.4 is 0 Å². The second-order valence-electron chi connectivity index (χ2n) is 15.2. The van der Waals surface area contributed by atoms with Gasteiger partial charge in [-0.3, -0.25) is 0 Å². The highest BCUT2D eigenvalue weighted by Gasteiger charge is 2.21. The zero-order valence-corrected chi connectivity index (χ0v) is 29.7. The maximum atomic E-state index is 7.05. The first-order chi connectivity index (χ1) is 27.2. The van der Waals surface area contributed by atoms with Gasteiger partial charge in [0.1, 0.15) is 11.2 Å². The molecule has 252 valence electrons. The molecule has 0 fully saturated rings. The molecule has 0 aliphatic heterocycles. The first-order valence-electron chi connectivity index (χ1n) is 19.1. The van der Waals surface area contributed by atoms with Gasteiger partial charge in [-0.1, -0.05) is 152 Å². The molecule has 0 atom stereocenters. The van der Waals surface area contributed by atoms with Crippen LogP contribution >= 0.6 is 0 Å². The van der Waals surface area contributed by atoms with Crippen LogP contribution in [0.2, 0.25) is 0 Å². The Balaban J connectivity index is 1.14. The molecule has 13 aromatic rings. The van der Waals surface area contributed by atoms with Crippen LogP contribution in [0.3, 0.4) is 0 Å². The minimum Gasteiger partial charge on any atom is -0.455 e. The van der Waals surface area contributed by atoms with Crippen LogP contribution in [0.5, 0.6) is 0 Å². The first kappa shape index (κ1) is 29.3. The highest BCUT2D eigenvalue weighted by atomic mass is 16.3. The highest BCUT2D eigenvalue weighted by Crippen LogP contribution is 2.47. The quantitative estimate of drug-likeness (QED) is 0.168. The van der Waals surface area contributed by atoms with Crippen molar-refractivity contribution in [1.29, 1.82) is 0 Å². The monoisotopic (exact) mass is 694 g/mol. The summed E-state index contributed by atoms with van der Waals surface area (Å²) in [4.78, 5) is 0. The summed E-state index contributed by atoms with van der Waals surface area (Å²) < 4.78 is 7.05. The summed E-state index contributed by atoms with van der Waals surface area (Å²) in [6.45, 7) is 0. The molecule has 0 spiro atoms. The lowest BCUT2D eigenvalue weighted by Crippen LogP contribution is -1.90. The molecule has 55 heavy (non-hydrogen) atoms. The van der Waals surface area contributed by atoms with Crippen LogP contribution in [0.25, 0.3) is 131 Å². The Hall–Kier alpha value is -7.22. The molecule has 0 saturated heterocycles. The van der Waals surface area contributed by atoms with E-state index in [1.807, 2.05) is 0 Å². The minimum atomic E-state index is 0.902. The smallest absolute Gasteiger partial charge is 0.143 e. The number of hydrogen-bond donors (Lipinski definition) is 0. The van der Waals surface area contributed by atoms with E-state index >= 15 is 0 Å². The predicted molar refractivity (Wildman–Crippen MR) is 235 cm³/mol. The Kier molecular flexibility index (Phi) is 5.69. The normalized spacial score (nSPS) is 12.4. The van der Waals surface area contributed by atoms with Crippen molar-refractivity contribution in [2.45, 2.75) is 0 Å². The Labute approximate surface area is 315 Å².